The standard InChI is InChI=1S/C28H30F3N5O4/c1-15-22(26(38)35-20-10-36(21(37)12-39-2)13-27(20)7-8-27)24-25(34-15)23(32-14-33-24)18-9-17(28(29,30)31)5-6-19(18)40-11-16-3-4-16/h5-6,9,14,16,20,34H,3-4,7-8,10-13H2,1-2H3,(H,35,38)/t20-/m1/s1. The van der Waals surface area contributed by atoms with Crippen molar-refractivity contribution in [1.29, 1.82) is 0 Å². The van der Waals surface area contributed by atoms with Crippen LogP contribution in [0.5, 0.6) is 5.75 Å². The molecule has 1 atom stereocenters. The lowest BCUT2D eigenvalue weighted by atomic mass is 10.00. The number of nitrogens with zero attached hydrogens (tertiary/aromatic N) is 3. The van der Waals surface area contributed by atoms with Crippen LogP contribution >= 0.6 is 0 Å². The van der Waals surface area contributed by atoms with Crippen molar-refractivity contribution in [2.45, 2.75) is 44.8 Å². The van der Waals surface area contributed by atoms with Crippen molar-refractivity contribution < 1.29 is 32.2 Å². The summed E-state index contributed by atoms with van der Waals surface area (Å²) in [6.07, 6.45) is 0.576. The number of amides is 2. The van der Waals surface area contributed by atoms with Crippen LogP contribution in [-0.2, 0) is 15.7 Å². The van der Waals surface area contributed by atoms with Crippen molar-refractivity contribution in [2.24, 2.45) is 11.3 Å². The highest BCUT2D eigenvalue weighted by molar-refractivity contribution is 6.09. The number of H-pyrrole nitrogens is 1. The first-order chi connectivity index (χ1) is 19.1. The average Bonchev–Trinajstić information content (AvgIpc) is 3.82. The van der Waals surface area contributed by atoms with Gasteiger partial charge in [0.2, 0.25) is 5.91 Å². The van der Waals surface area contributed by atoms with Crippen molar-refractivity contribution in [3.8, 4) is 17.0 Å². The molecule has 12 heteroatoms. The van der Waals surface area contributed by atoms with E-state index in [0.717, 1.165) is 37.8 Å². The Bertz CT molecular complexity index is 1480. The predicted octanol–water partition coefficient (Wildman–Crippen LogP) is 4.11. The first-order valence-electron chi connectivity index (χ1n) is 13.3. The van der Waals surface area contributed by atoms with Crippen LogP contribution in [-0.4, -0.2) is 71.1 Å². The third kappa shape index (κ3) is 4.89. The number of methoxy groups -OCH3 is 1. The largest absolute Gasteiger partial charge is 0.493 e. The van der Waals surface area contributed by atoms with Crippen molar-refractivity contribution in [2.75, 3.05) is 33.4 Å². The van der Waals surface area contributed by atoms with Gasteiger partial charge in [0.05, 0.1) is 29.3 Å². The Labute approximate surface area is 228 Å². The first-order valence-corrected chi connectivity index (χ1v) is 13.3. The minimum Gasteiger partial charge on any atom is -0.493 e. The second-order valence-electron chi connectivity index (χ2n) is 11.1. The van der Waals surface area contributed by atoms with E-state index in [9.17, 15) is 22.8 Å². The molecule has 0 unspecified atom stereocenters. The number of hydrogen-bond donors (Lipinski definition) is 2. The van der Waals surface area contributed by atoms with Gasteiger partial charge in [0, 0.05) is 36.9 Å². The van der Waals surface area contributed by atoms with Gasteiger partial charge in [0.15, 0.2) is 0 Å². The third-order valence-electron chi connectivity index (χ3n) is 8.20. The Morgan fingerprint density at radius 2 is 2.00 bits per heavy atom. The molecule has 3 heterocycles. The average molecular weight is 558 g/mol. The number of aromatic nitrogens is 3. The number of fused-ring (bicyclic) bond motifs is 1. The fourth-order valence-electron chi connectivity index (χ4n) is 5.58. The molecule has 2 N–H and O–H groups in total. The van der Waals surface area contributed by atoms with E-state index in [1.165, 1.54) is 19.5 Å². The fraction of sp³-hybridized carbons (Fsp3) is 0.500. The number of benzene rings is 1. The van der Waals surface area contributed by atoms with E-state index in [0.29, 0.717) is 53.7 Å². The van der Waals surface area contributed by atoms with Crippen LogP contribution in [0, 0.1) is 18.3 Å². The Morgan fingerprint density at radius 3 is 2.67 bits per heavy atom. The van der Waals surface area contributed by atoms with Gasteiger partial charge in [-0.3, -0.25) is 9.59 Å². The fourth-order valence-corrected chi connectivity index (χ4v) is 5.58. The number of ether oxygens (including phenoxy) is 2. The molecule has 3 aromatic rings. The van der Waals surface area contributed by atoms with Gasteiger partial charge in [-0.2, -0.15) is 13.2 Å². The maximum absolute atomic E-state index is 13.6. The van der Waals surface area contributed by atoms with E-state index in [1.54, 1.807) is 11.8 Å². The van der Waals surface area contributed by atoms with Crippen molar-refractivity contribution >= 4 is 22.8 Å². The normalized spacial score (nSPS) is 19.8. The van der Waals surface area contributed by atoms with Crippen molar-refractivity contribution in [3.05, 3.63) is 41.3 Å². The van der Waals surface area contributed by atoms with Crippen LogP contribution < -0.4 is 10.1 Å². The van der Waals surface area contributed by atoms with Crippen molar-refractivity contribution in [3.63, 3.8) is 0 Å². The van der Waals surface area contributed by atoms with Crippen LogP contribution in [0.2, 0.25) is 0 Å². The Balaban J connectivity index is 1.33. The highest BCUT2D eigenvalue weighted by atomic mass is 19.4. The number of aryl methyl sites for hydroxylation is 1. The number of rotatable bonds is 8. The topological polar surface area (TPSA) is 109 Å². The van der Waals surface area contributed by atoms with Gasteiger partial charge < -0.3 is 24.7 Å². The van der Waals surface area contributed by atoms with Crippen LogP contribution in [0.15, 0.2) is 24.5 Å². The van der Waals surface area contributed by atoms with Crippen LogP contribution in [0.3, 0.4) is 0 Å². The number of carbonyl (C=O) groups excluding carboxylic acids is 2. The Morgan fingerprint density at radius 1 is 1.23 bits per heavy atom. The molecule has 2 saturated carbocycles. The van der Waals surface area contributed by atoms with E-state index in [2.05, 4.69) is 20.3 Å². The van der Waals surface area contributed by atoms with E-state index >= 15 is 0 Å². The smallest absolute Gasteiger partial charge is 0.416 e. The third-order valence-corrected chi connectivity index (χ3v) is 8.20. The highest BCUT2D eigenvalue weighted by Crippen LogP contribution is 2.53. The predicted molar refractivity (Wildman–Crippen MR) is 139 cm³/mol. The first kappa shape index (κ1) is 26.5. The van der Waals surface area contributed by atoms with E-state index in [4.69, 9.17) is 9.47 Å². The molecule has 2 amide bonds. The molecule has 3 fully saturated rings. The lowest BCUT2D eigenvalue weighted by molar-refractivity contribution is -0.137. The summed E-state index contributed by atoms with van der Waals surface area (Å²) < 4.78 is 51.8. The number of aromatic amines is 1. The zero-order valence-electron chi connectivity index (χ0n) is 22.2. The number of halogens is 3. The van der Waals surface area contributed by atoms with Gasteiger partial charge >= 0.3 is 6.18 Å². The summed E-state index contributed by atoms with van der Waals surface area (Å²) in [7, 11) is 1.47. The molecule has 0 bridgehead atoms. The van der Waals surface area contributed by atoms with Gasteiger partial charge in [0.25, 0.3) is 5.91 Å². The molecular formula is C28H30F3N5O4. The van der Waals surface area contributed by atoms with E-state index in [-0.39, 0.29) is 41.1 Å². The second kappa shape index (κ2) is 9.76. The molecule has 6 rings (SSSR count). The molecule has 2 aromatic heterocycles. The Hall–Kier alpha value is -3.67. The second-order valence-corrected chi connectivity index (χ2v) is 11.1. The van der Waals surface area contributed by atoms with Crippen LogP contribution in [0.25, 0.3) is 22.3 Å². The summed E-state index contributed by atoms with van der Waals surface area (Å²) in [5.41, 5.74) is 0.894. The molecule has 9 nitrogen and oxygen atoms in total. The van der Waals surface area contributed by atoms with Gasteiger partial charge in [-0.25, -0.2) is 9.97 Å². The molecule has 212 valence electrons. The Kier molecular flexibility index (Phi) is 6.47. The van der Waals surface area contributed by atoms with Crippen LogP contribution in [0.4, 0.5) is 13.2 Å². The number of alkyl halides is 3. The van der Waals surface area contributed by atoms with Crippen LogP contribution in [0.1, 0.15) is 47.3 Å². The van der Waals surface area contributed by atoms with Gasteiger partial charge in [-0.15, -0.1) is 0 Å². The SMILES string of the molecule is COCC(=O)N1C[C@@H](NC(=O)c2c(C)[nH]c3c(-c4cc(C(F)(F)F)ccc4OCC4CC4)ncnc23)C2(CC2)C1. The molecule has 1 aliphatic heterocycles. The molecule has 0 radical (unpaired) electrons. The summed E-state index contributed by atoms with van der Waals surface area (Å²) in [5.74, 6) is 0.210. The number of hydrogen-bond acceptors (Lipinski definition) is 6. The molecular weight excluding hydrogens is 527 g/mol. The summed E-state index contributed by atoms with van der Waals surface area (Å²) in [6, 6.07) is 3.13. The molecule has 2 aliphatic carbocycles. The molecule has 1 spiro atoms. The highest BCUT2D eigenvalue weighted by Gasteiger charge is 2.56. The zero-order chi connectivity index (χ0) is 28.2. The lowest BCUT2D eigenvalue weighted by Crippen LogP contribution is -2.42. The van der Waals surface area contributed by atoms with Gasteiger partial charge in [-0.05, 0) is 56.7 Å². The maximum Gasteiger partial charge on any atom is 0.416 e. The van der Waals surface area contributed by atoms with E-state index < -0.39 is 11.7 Å². The summed E-state index contributed by atoms with van der Waals surface area (Å²) in [4.78, 5) is 39.5. The maximum atomic E-state index is 13.6. The number of nitrogens with one attached hydrogen (secondary N) is 2. The van der Waals surface area contributed by atoms with Gasteiger partial charge in [-0.1, -0.05) is 0 Å². The summed E-state index contributed by atoms with van der Waals surface area (Å²) in [6.45, 7) is 3.07. The molecule has 1 saturated heterocycles. The molecule has 3 aliphatic rings. The molecule has 1 aromatic carbocycles. The monoisotopic (exact) mass is 557 g/mol. The lowest BCUT2D eigenvalue weighted by Gasteiger charge is -2.18. The zero-order valence-corrected chi connectivity index (χ0v) is 22.2. The minimum atomic E-state index is -4.55. The van der Waals surface area contributed by atoms with Gasteiger partial charge in [0.1, 0.15) is 29.9 Å². The van der Waals surface area contributed by atoms with E-state index in [1.807, 2.05) is 0 Å². The number of likely N-dealkylation sites (tertiary alicyclic amines) is 1. The summed E-state index contributed by atoms with van der Waals surface area (Å²) >= 11 is 0. The minimum absolute atomic E-state index is 0.0140. The molecule has 40 heavy (non-hydrogen) atoms. The van der Waals surface area contributed by atoms with Crippen molar-refractivity contribution in [1.82, 2.24) is 25.2 Å². The number of carbonyl (C=O) groups is 2. The summed E-state index contributed by atoms with van der Waals surface area (Å²) in [5, 5.41) is 3.11. The quantitative estimate of drug-likeness (QED) is 0.432.